The van der Waals surface area contributed by atoms with Gasteiger partial charge in [0.15, 0.2) is 11.0 Å². The Hall–Kier alpha value is -2.23. The van der Waals surface area contributed by atoms with Crippen molar-refractivity contribution in [2.45, 2.75) is 11.3 Å². The molecule has 11 heteroatoms. The summed E-state index contributed by atoms with van der Waals surface area (Å²) in [6.45, 7) is 0. The standard InChI is InChI=1S/C18H13Cl2F3N4OS/c1-27-16(10-5-2-3-7-12(10)19)25-26-17(27)29-9-14(28)24-15-11(18(21,22)23)6-4-8-13(15)20/h2-8H,9H2,1H3,(H,24,28). The van der Waals surface area contributed by atoms with E-state index >= 15 is 0 Å². The molecule has 152 valence electrons. The molecule has 0 bridgehead atoms. The first-order chi connectivity index (χ1) is 13.7. The van der Waals surface area contributed by atoms with Gasteiger partial charge in [-0.05, 0) is 24.3 Å². The molecule has 0 saturated heterocycles. The first kappa shape index (κ1) is 21.5. The van der Waals surface area contributed by atoms with Crippen LogP contribution in [0.4, 0.5) is 18.9 Å². The Labute approximate surface area is 178 Å². The number of para-hydroxylation sites is 1. The molecule has 1 amide bonds. The zero-order valence-corrected chi connectivity index (χ0v) is 17.1. The Morgan fingerprint density at radius 1 is 1.10 bits per heavy atom. The summed E-state index contributed by atoms with van der Waals surface area (Å²) in [5.41, 5.74) is -0.809. The molecule has 0 spiro atoms. The van der Waals surface area contributed by atoms with E-state index in [2.05, 4.69) is 15.5 Å². The Morgan fingerprint density at radius 3 is 2.48 bits per heavy atom. The Balaban J connectivity index is 1.73. The molecule has 1 aromatic heterocycles. The third-order valence-corrected chi connectivity index (χ3v) is 5.53. The van der Waals surface area contributed by atoms with E-state index in [4.69, 9.17) is 23.2 Å². The van der Waals surface area contributed by atoms with Gasteiger partial charge in [0.1, 0.15) is 0 Å². The van der Waals surface area contributed by atoms with Crippen LogP contribution >= 0.6 is 35.0 Å². The van der Waals surface area contributed by atoms with Crippen LogP contribution in [0.1, 0.15) is 5.56 Å². The maximum absolute atomic E-state index is 13.1. The van der Waals surface area contributed by atoms with Crippen LogP contribution in [0.25, 0.3) is 11.4 Å². The third kappa shape index (κ3) is 4.85. The summed E-state index contributed by atoms with van der Waals surface area (Å²) < 4.78 is 41.0. The van der Waals surface area contributed by atoms with Gasteiger partial charge in [-0.25, -0.2) is 0 Å². The number of nitrogens with zero attached hydrogens (tertiary/aromatic N) is 3. The van der Waals surface area contributed by atoms with Gasteiger partial charge < -0.3 is 9.88 Å². The molecule has 0 radical (unpaired) electrons. The Morgan fingerprint density at radius 2 is 1.79 bits per heavy atom. The molecule has 2 aromatic carbocycles. The molecule has 0 atom stereocenters. The van der Waals surface area contributed by atoms with E-state index in [1.54, 1.807) is 35.9 Å². The third-order valence-electron chi connectivity index (χ3n) is 3.87. The summed E-state index contributed by atoms with van der Waals surface area (Å²) in [7, 11) is 1.70. The maximum Gasteiger partial charge on any atom is 0.418 e. The molecule has 29 heavy (non-hydrogen) atoms. The van der Waals surface area contributed by atoms with E-state index in [0.717, 1.165) is 17.8 Å². The van der Waals surface area contributed by atoms with Gasteiger partial charge in [-0.2, -0.15) is 13.2 Å². The molecule has 3 aromatic rings. The van der Waals surface area contributed by atoms with Crippen molar-refractivity contribution in [1.29, 1.82) is 0 Å². The molecule has 3 rings (SSSR count). The number of alkyl halides is 3. The molecule has 0 aliphatic carbocycles. The number of rotatable bonds is 5. The smallest absolute Gasteiger partial charge is 0.324 e. The minimum Gasteiger partial charge on any atom is -0.324 e. The van der Waals surface area contributed by atoms with Crippen molar-refractivity contribution in [1.82, 2.24) is 14.8 Å². The summed E-state index contributed by atoms with van der Waals surface area (Å²) in [6.07, 6.45) is -4.64. The monoisotopic (exact) mass is 460 g/mol. The van der Waals surface area contributed by atoms with E-state index in [9.17, 15) is 18.0 Å². The predicted molar refractivity (Wildman–Crippen MR) is 107 cm³/mol. The van der Waals surface area contributed by atoms with Crippen LogP contribution in [0.3, 0.4) is 0 Å². The fraction of sp³-hybridized carbons (Fsp3) is 0.167. The zero-order valence-electron chi connectivity index (χ0n) is 14.8. The van der Waals surface area contributed by atoms with Crippen molar-refractivity contribution < 1.29 is 18.0 Å². The number of halogens is 5. The molecule has 1 heterocycles. The highest BCUT2D eigenvalue weighted by Crippen LogP contribution is 2.38. The molecule has 5 nitrogen and oxygen atoms in total. The number of carbonyl (C=O) groups excluding carboxylic acids is 1. The molecule has 1 N–H and O–H groups in total. The summed E-state index contributed by atoms with van der Waals surface area (Å²) in [5, 5.41) is 11.0. The molecule has 0 fully saturated rings. The topological polar surface area (TPSA) is 59.8 Å². The van der Waals surface area contributed by atoms with E-state index < -0.39 is 23.3 Å². The lowest BCUT2D eigenvalue weighted by atomic mass is 10.1. The lowest BCUT2D eigenvalue weighted by molar-refractivity contribution is -0.137. The second kappa shape index (κ2) is 8.64. The average Bonchev–Trinajstić information content (AvgIpc) is 3.01. The van der Waals surface area contributed by atoms with E-state index in [0.29, 0.717) is 21.6 Å². The van der Waals surface area contributed by atoms with Crippen LogP contribution in [0, 0.1) is 0 Å². The van der Waals surface area contributed by atoms with Gasteiger partial charge >= 0.3 is 6.18 Å². The highest BCUT2D eigenvalue weighted by molar-refractivity contribution is 7.99. The Bertz CT molecular complexity index is 1060. The summed E-state index contributed by atoms with van der Waals surface area (Å²) in [5.74, 6) is -0.336. The fourth-order valence-electron chi connectivity index (χ4n) is 2.51. The highest BCUT2D eigenvalue weighted by atomic mass is 35.5. The number of benzene rings is 2. The van der Waals surface area contributed by atoms with Gasteiger partial charge in [-0.15, -0.1) is 10.2 Å². The van der Waals surface area contributed by atoms with Crippen LogP contribution in [-0.4, -0.2) is 26.4 Å². The number of amides is 1. The summed E-state index contributed by atoms with van der Waals surface area (Å²) in [4.78, 5) is 12.2. The molecule has 0 saturated carbocycles. The lowest BCUT2D eigenvalue weighted by Gasteiger charge is -2.15. The first-order valence-electron chi connectivity index (χ1n) is 8.11. The second-order valence-corrected chi connectivity index (χ2v) is 7.60. The SMILES string of the molecule is Cn1c(SCC(=O)Nc2c(Cl)cccc2C(F)(F)F)nnc1-c1ccccc1Cl. The lowest BCUT2D eigenvalue weighted by Crippen LogP contribution is -2.18. The molecule has 0 aliphatic rings. The minimum atomic E-state index is -4.64. The number of hydrogen-bond acceptors (Lipinski definition) is 4. The number of thioether (sulfide) groups is 1. The van der Waals surface area contributed by atoms with Gasteiger partial charge in [0, 0.05) is 12.6 Å². The van der Waals surface area contributed by atoms with Gasteiger partial charge in [0.05, 0.1) is 27.0 Å². The van der Waals surface area contributed by atoms with Crippen molar-refractivity contribution in [3.8, 4) is 11.4 Å². The fourth-order valence-corrected chi connectivity index (χ4v) is 3.66. The predicted octanol–water partition coefficient (Wildman–Crippen LogP) is 5.54. The quantitative estimate of drug-likeness (QED) is 0.507. The van der Waals surface area contributed by atoms with Gasteiger partial charge in [0.2, 0.25) is 5.91 Å². The maximum atomic E-state index is 13.1. The van der Waals surface area contributed by atoms with Crippen LogP contribution in [0.15, 0.2) is 47.6 Å². The Kier molecular flexibility index (Phi) is 6.40. The second-order valence-electron chi connectivity index (χ2n) is 5.84. The molecular formula is C18H13Cl2F3N4OS. The number of aromatic nitrogens is 3. The first-order valence-corrected chi connectivity index (χ1v) is 9.85. The average molecular weight is 461 g/mol. The van der Waals surface area contributed by atoms with Crippen LogP contribution in [-0.2, 0) is 18.0 Å². The van der Waals surface area contributed by atoms with E-state index in [1.807, 2.05) is 0 Å². The number of hydrogen-bond donors (Lipinski definition) is 1. The summed E-state index contributed by atoms with van der Waals surface area (Å²) >= 11 is 13.0. The van der Waals surface area contributed by atoms with Gasteiger partial charge in [-0.3, -0.25) is 4.79 Å². The largest absolute Gasteiger partial charge is 0.418 e. The highest BCUT2D eigenvalue weighted by Gasteiger charge is 2.34. The normalized spacial score (nSPS) is 11.5. The number of anilines is 1. The van der Waals surface area contributed by atoms with Gasteiger partial charge in [0.25, 0.3) is 0 Å². The number of nitrogens with one attached hydrogen (secondary N) is 1. The van der Waals surface area contributed by atoms with Crippen molar-refractivity contribution >= 4 is 46.6 Å². The van der Waals surface area contributed by atoms with E-state index in [1.165, 1.54) is 12.1 Å². The van der Waals surface area contributed by atoms with Crippen molar-refractivity contribution in [3.05, 3.63) is 58.1 Å². The van der Waals surface area contributed by atoms with Gasteiger partial charge in [-0.1, -0.05) is 53.2 Å². The van der Waals surface area contributed by atoms with Crippen LogP contribution < -0.4 is 5.32 Å². The van der Waals surface area contributed by atoms with Crippen molar-refractivity contribution in [2.75, 3.05) is 11.1 Å². The van der Waals surface area contributed by atoms with Crippen molar-refractivity contribution in [2.24, 2.45) is 7.05 Å². The van der Waals surface area contributed by atoms with E-state index in [-0.39, 0.29) is 10.8 Å². The zero-order chi connectivity index (χ0) is 21.2. The molecule has 0 aliphatic heterocycles. The van der Waals surface area contributed by atoms with Crippen molar-refractivity contribution in [3.63, 3.8) is 0 Å². The minimum absolute atomic E-state index is 0.184. The molecular weight excluding hydrogens is 448 g/mol. The summed E-state index contributed by atoms with van der Waals surface area (Å²) in [6, 6.07) is 10.4. The number of carbonyl (C=O) groups is 1. The molecule has 0 unspecified atom stereocenters. The van der Waals surface area contributed by atoms with Crippen LogP contribution in [0.5, 0.6) is 0 Å². The van der Waals surface area contributed by atoms with Crippen LogP contribution in [0.2, 0.25) is 10.0 Å².